The van der Waals surface area contributed by atoms with Crippen LogP contribution in [0.4, 0.5) is 8.78 Å². The van der Waals surface area contributed by atoms with E-state index in [1.165, 1.54) is 18.9 Å². The second-order valence-electron chi connectivity index (χ2n) is 5.20. The zero-order valence-electron chi connectivity index (χ0n) is 10.9. The van der Waals surface area contributed by atoms with E-state index < -0.39 is 11.6 Å². The highest BCUT2D eigenvalue weighted by Crippen LogP contribution is 2.22. The first kappa shape index (κ1) is 13.5. The zero-order valence-corrected chi connectivity index (χ0v) is 10.9. The molecular weight excluding hydrogens is 232 g/mol. The number of nitrogens with one attached hydrogen (secondary N) is 1. The summed E-state index contributed by atoms with van der Waals surface area (Å²) >= 11 is 0. The maximum Gasteiger partial charge on any atom is 0.162 e. The van der Waals surface area contributed by atoms with Crippen LogP contribution in [0.2, 0.25) is 0 Å². The lowest BCUT2D eigenvalue weighted by molar-refractivity contribution is 0.284. The van der Waals surface area contributed by atoms with E-state index >= 15 is 0 Å². The first-order valence-electron chi connectivity index (χ1n) is 6.87. The molecule has 0 spiro atoms. The van der Waals surface area contributed by atoms with Gasteiger partial charge in [0.2, 0.25) is 0 Å². The van der Waals surface area contributed by atoms with Gasteiger partial charge in [-0.3, -0.25) is 0 Å². The lowest BCUT2D eigenvalue weighted by atomic mass is 9.88. The summed E-state index contributed by atoms with van der Waals surface area (Å²) in [4.78, 5) is 0. The highest BCUT2D eigenvalue weighted by atomic mass is 19.2. The van der Waals surface area contributed by atoms with Crippen LogP contribution in [-0.2, 0) is 6.42 Å². The van der Waals surface area contributed by atoms with Gasteiger partial charge in [0.1, 0.15) is 0 Å². The number of aryl methyl sites for hydroxylation is 1. The molecule has 0 amide bonds. The number of hydrogen-bond donors (Lipinski definition) is 1. The Morgan fingerprint density at radius 1 is 1.33 bits per heavy atom. The van der Waals surface area contributed by atoms with Gasteiger partial charge in [0.15, 0.2) is 11.6 Å². The normalized spacial score (nSPS) is 24.2. The van der Waals surface area contributed by atoms with Crippen molar-refractivity contribution in [3.8, 4) is 0 Å². The number of rotatable bonds is 4. The first-order chi connectivity index (χ1) is 8.70. The Hall–Kier alpha value is -0.960. The van der Waals surface area contributed by atoms with Gasteiger partial charge in [0, 0.05) is 6.04 Å². The van der Waals surface area contributed by atoms with Crippen LogP contribution in [-0.4, -0.2) is 12.6 Å². The van der Waals surface area contributed by atoms with E-state index in [2.05, 4.69) is 12.2 Å². The maximum absolute atomic E-state index is 13.5. The Bertz CT molecular complexity index is 392. The predicted octanol–water partition coefficient (Wildman–Crippen LogP) is 3.68. The summed E-state index contributed by atoms with van der Waals surface area (Å²) in [7, 11) is 0. The van der Waals surface area contributed by atoms with Crippen molar-refractivity contribution >= 4 is 0 Å². The molecule has 100 valence electrons. The van der Waals surface area contributed by atoms with Gasteiger partial charge in [-0.15, -0.1) is 0 Å². The molecule has 1 fully saturated rings. The number of hydrogen-bond acceptors (Lipinski definition) is 1. The van der Waals surface area contributed by atoms with Crippen molar-refractivity contribution < 1.29 is 8.78 Å². The Balaban J connectivity index is 1.89. The third-order valence-electron chi connectivity index (χ3n) is 3.97. The van der Waals surface area contributed by atoms with Gasteiger partial charge < -0.3 is 5.32 Å². The summed E-state index contributed by atoms with van der Waals surface area (Å²) in [5.74, 6) is -0.635. The smallest absolute Gasteiger partial charge is 0.162 e. The molecule has 3 heteroatoms. The minimum atomic E-state index is -0.740. The molecule has 1 heterocycles. The van der Waals surface area contributed by atoms with Crippen molar-refractivity contribution in [1.82, 2.24) is 5.32 Å². The molecule has 0 aliphatic carbocycles. The second-order valence-corrected chi connectivity index (χ2v) is 5.20. The fourth-order valence-corrected chi connectivity index (χ4v) is 2.76. The van der Waals surface area contributed by atoms with Crippen molar-refractivity contribution in [3.05, 3.63) is 35.4 Å². The molecule has 1 aliphatic heterocycles. The fraction of sp³-hybridized carbons (Fsp3) is 0.600. The van der Waals surface area contributed by atoms with Crippen LogP contribution in [0.25, 0.3) is 0 Å². The van der Waals surface area contributed by atoms with E-state index in [0.717, 1.165) is 25.3 Å². The van der Waals surface area contributed by atoms with Crippen molar-refractivity contribution in [2.45, 2.75) is 45.1 Å². The quantitative estimate of drug-likeness (QED) is 0.863. The molecule has 0 aromatic heterocycles. The standard InChI is InChI=1S/C15H21F2N/c1-2-11-8-9-18-13(10-11)7-6-12-4-3-5-14(16)15(12)17/h3-5,11,13,18H,2,6-10H2,1H3. The van der Waals surface area contributed by atoms with Crippen molar-refractivity contribution in [2.75, 3.05) is 6.54 Å². The highest BCUT2D eigenvalue weighted by molar-refractivity contribution is 5.19. The minimum absolute atomic E-state index is 0.450. The molecule has 0 radical (unpaired) electrons. The zero-order chi connectivity index (χ0) is 13.0. The minimum Gasteiger partial charge on any atom is -0.314 e. The predicted molar refractivity (Wildman–Crippen MR) is 69.5 cm³/mol. The van der Waals surface area contributed by atoms with E-state index in [4.69, 9.17) is 0 Å². The van der Waals surface area contributed by atoms with Crippen molar-refractivity contribution in [3.63, 3.8) is 0 Å². The van der Waals surface area contributed by atoms with E-state index in [1.807, 2.05) is 0 Å². The van der Waals surface area contributed by atoms with Gasteiger partial charge >= 0.3 is 0 Å². The molecule has 18 heavy (non-hydrogen) atoms. The van der Waals surface area contributed by atoms with Crippen molar-refractivity contribution in [2.24, 2.45) is 5.92 Å². The average molecular weight is 253 g/mol. The fourth-order valence-electron chi connectivity index (χ4n) is 2.76. The molecular formula is C15H21F2N. The lowest BCUT2D eigenvalue weighted by Gasteiger charge is -2.29. The third kappa shape index (κ3) is 3.29. The molecule has 2 rings (SSSR count). The molecule has 1 aromatic rings. The molecule has 1 aromatic carbocycles. The highest BCUT2D eigenvalue weighted by Gasteiger charge is 2.20. The van der Waals surface area contributed by atoms with Crippen LogP contribution in [0.5, 0.6) is 0 Å². The Morgan fingerprint density at radius 2 is 2.17 bits per heavy atom. The molecule has 0 bridgehead atoms. The Morgan fingerprint density at radius 3 is 2.94 bits per heavy atom. The number of benzene rings is 1. The van der Waals surface area contributed by atoms with Crippen LogP contribution in [0.1, 0.15) is 38.2 Å². The summed E-state index contributed by atoms with van der Waals surface area (Å²) in [5, 5.41) is 3.47. The van der Waals surface area contributed by atoms with Crippen LogP contribution in [0.3, 0.4) is 0 Å². The summed E-state index contributed by atoms with van der Waals surface area (Å²) in [6, 6.07) is 4.88. The molecule has 1 nitrogen and oxygen atoms in total. The van der Waals surface area contributed by atoms with E-state index in [0.29, 0.717) is 18.0 Å². The van der Waals surface area contributed by atoms with E-state index in [1.54, 1.807) is 12.1 Å². The van der Waals surface area contributed by atoms with Crippen LogP contribution < -0.4 is 5.32 Å². The summed E-state index contributed by atoms with van der Waals surface area (Å²) in [6.07, 6.45) is 5.11. The van der Waals surface area contributed by atoms with Gasteiger partial charge in [0.25, 0.3) is 0 Å². The second kappa shape index (κ2) is 6.28. The molecule has 2 atom stereocenters. The monoisotopic (exact) mass is 253 g/mol. The van der Waals surface area contributed by atoms with Crippen LogP contribution in [0, 0.1) is 17.6 Å². The SMILES string of the molecule is CCC1CCNC(CCc2cccc(F)c2F)C1. The Kier molecular flexibility index (Phi) is 4.70. The van der Waals surface area contributed by atoms with Gasteiger partial charge in [0.05, 0.1) is 0 Å². The maximum atomic E-state index is 13.5. The van der Waals surface area contributed by atoms with E-state index in [-0.39, 0.29) is 0 Å². The van der Waals surface area contributed by atoms with Gasteiger partial charge in [-0.2, -0.15) is 0 Å². The average Bonchev–Trinajstić information content (AvgIpc) is 2.41. The molecule has 1 saturated heterocycles. The van der Waals surface area contributed by atoms with Gasteiger partial charge in [-0.25, -0.2) is 8.78 Å². The number of halogens is 2. The summed E-state index contributed by atoms with van der Waals surface area (Å²) in [6.45, 7) is 3.27. The lowest BCUT2D eigenvalue weighted by Crippen LogP contribution is -2.38. The van der Waals surface area contributed by atoms with Crippen LogP contribution >= 0.6 is 0 Å². The topological polar surface area (TPSA) is 12.0 Å². The number of piperidine rings is 1. The molecule has 2 unspecified atom stereocenters. The summed E-state index contributed by atoms with van der Waals surface area (Å²) in [5.41, 5.74) is 0.496. The van der Waals surface area contributed by atoms with Gasteiger partial charge in [-0.1, -0.05) is 25.5 Å². The van der Waals surface area contributed by atoms with Crippen LogP contribution in [0.15, 0.2) is 18.2 Å². The van der Waals surface area contributed by atoms with E-state index in [9.17, 15) is 8.78 Å². The first-order valence-corrected chi connectivity index (χ1v) is 6.87. The van der Waals surface area contributed by atoms with Crippen molar-refractivity contribution in [1.29, 1.82) is 0 Å². The molecule has 1 aliphatic rings. The Labute approximate surface area is 108 Å². The molecule has 1 N–H and O–H groups in total. The summed E-state index contributed by atoms with van der Waals surface area (Å²) < 4.78 is 26.6. The largest absolute Gasteiger partial charge is 0.314 e. The third-order valence-corrected chi connectivity index (χ3v) is 3.97. The van der Waals surface area contributed by atoms with Gasteiger partial charge in [-0.05, 0) is 49.8 Å². The molecule has 0 saturated carbocycles.